The zero-order valence-electron chi connectivity index (χ0n) is 10.5. The molecule has 6 heteroatoms. The predicted octanol–water partition coefficient (Wildman–Crippen LogP) is 3.06. The Hall–Kier alpha value is -0.650. The van der Waals surface area contributed by atoms with E-state index in [4.69, 9.17) is 29.6 Å². The van der Waals surface area contributed by atoms with Gasteiger partial charge in [-0.25, -0.2) is 0 Å². The van der Waals surface area contributed by atoms with Gasteiger partial charge in [-0.2, -0.15) is 0 Å². The van der Waals surface area contributed by atoms with Gasteiger partial charge in [-0.05, 0) is 18.6 Å². The first-order valence-electron chi connectivity index (χ1n) is 5.74. The molecule has 1 unspecified atom stereocenters. The SMILES string of the molecule is CCCC(C(=O)N(C)Cc1ccc(Cl)s1)C(N)=S. The highest BCUT2D eigenvalue weighted by atomic mass is 35.5. The van der Waals surface area contributed by atoms with Crippen LogP contribution in [0.1, 0.15) is 24.6 Å². The van der Waals surface area contributed by atoms with Crippen molar-refractivity contribution in [3.05, 3.63) is 21.3 Å². The van der Waals surface area contributed by atoms with Crippen molar-refractivity contribution in [2.75, 3.05) is 7.05 Å². The molecular formula is C12H17ClN2OS2. The maximum atomic E-state index is 12.2. The van der Waals surface area contributed by atoms with Crippen molar-refractivity contribution in [1.82, 2.24) is 4.90 Å². The van der Waals surface area contributed by atoms with Gasteiger partial charge < -0.3 is 10.6 Å². The third-order valence-corrected chi connectivity index (χ3v) is 4.12. The zero-order chi connectivity index (χ0) is 13.7. The second kappa shape index (κ2) is 7.07. The quantitative estimate of drug-likeness (QED) is 0.822. The van der Waals surface area contributed by atoms with Crippen molar-refractivity contribution >= 4 is 46.1 Å². The number of thiophene rings is 1. The normalized spacial score (nSPS) is 12.2. The Morgan fingerprint density at radius 3 is 2.72 bits per heavy atom. The van der Waals surface area contributed by atoms with Crippen LogP contribution in [0.4, 0.5) is 0 Å². The lowest BCUT2D eigenvalue weighted by atomic mass is 10.0. The number of carbonyl (C=O) groups is 1. The Kier molecular flexibility index (Phi) is 6.05. The standard InChI is InChI=1S/C12H17ClN2OS2/c1-3-4-9(11(14)17)12(16)15(2)7-8-5-6-10(13)18-8/h5-6,9H,3-4,7H2,1-2H3,(H2,14,17). The molecule has 0 saturated heterocycles. The molecule has 0 saturated carbocycles. The fraction of sp³-hybridized carbons (Fsp3) is 0.500. The zero-order valence-corrected chi connectivity index (χ0v) is 12.9. The summed E-state index contributed by atoms with van der Waals surface area (Å²) < 4.78 is 0.727. The summed E-state index contributed by atoms with van der Waals surface area (Å²) in [4.78, 5) is 15.2. The van der Waals surface area contributed by atoms with Gasteiger partial charge >= 0.3 is 0 Å². The maximum absolute atomic E-state index is 12.2. The molecule has 1 aromatic heterocycles. The number of hydrogen-bond donors (Lipinski definition) is 1. The average molecular weight is 305 g/mol. The predicted molar refractivity (Wildman–Crippen MR) is 81.0 cm³/mol. The minimum absolute atomic E-state index is 0.0196. The average Bonchev–Trinajstić information content (AvgIpc) is 2.70. The van der Waals surface area contributed by atoms with Crippen molar-refractivity contribution in [3.63, 3.8) is 0 Å². The molecule has 0 bridgehead atoms. The lowest BCUT2D eigenvalue weighted by Gasteiger charge is -2.22. The van der Waals surface area contributed by atoms with Crippen molar-refractivity contribution < 1.29 is 4.79 Å². The fourth-order valence-electron chi connectivity index (χ4n) is 1.69. The summed E-state index contributed by atoms with van der Waals surface area (Å²) in [5.74, 6) is -0.376. The molecule has 0 spiro atoms. The van der Waals surface area contributed by atoms with Gasteiger partial charge in [-0.1, -0.05) is 37.2 Å². The molecule has 1 rings (SSSR count). The largest absolute Gasteiger partial charge is 0.393 e. The van der Waals surface area contributed by atoms with Gasteiger partial charge in [-0.15, -0.1) is 11.3 Å². The molecule has 0 aliphatic carbocycles. The molecular weight excluding hydrogens is 288 g/mol. The van der Waals surface area contributed by atoms with E-state index in [0.29, 0.717) is 13.0 Å². The Labute approximate surface area is 122 Å². The Balaban J connectivity index is 2.67. The van der Waals surface area contributed by atoms with E-state index in [1.807, 2.05) is 19.1 Å². The van der Waals surface area contributed by atoms with Crippen LogP contribution in [0.15, 0.2) is 12.1 Å². The minimum Gasteiger partial charge on any atom is -0.393 e. The van der Waals surface area contributed by atoms with Crippen LogP contribution in [-0.4, -0.2) is 22.8 Å². The highest BCUT2D eigenvalue weighted by molar-refractivity contribution is 7.80. The first-order chi connectivity index (χ1) is 8.45. The summed E-state index contributed by atoms with van der Waals surface area (Å²) >= 11 is 12.3. The van der Waals surface area contributed by atoms with Crippen LogP contribution in [-0.2, 0) is 11.3 Å². The summed E-state index contributed by atoms with van der Waals surface area (Å²) in [5.41, 5.74) is 5.62. The first kappa shape index (κ1) is 15.4. The van der Waals surface area contributed by atoms with Gasteiger partial charge in [0.25, 0.3) is 0 Å². The third-order valence-electron chi connectivity index (χ3n) is 2.62. The van der Waals surface area contributed by atoms with Crippen LogP contribution in [0.3, 0.4) is 0 Å². The molecule has 1 aromatic rings. The molecule has 0 aliphatic rings. The highest BCUT2D eigenvalue weighted by Crippen LogP contribution is 2.23. The lowest BCUT2D eigenvalue weighted by molar-refractivity contribution is -0.132. The van der Waals surface area contributed by atoms with E-state index in [9.17, 15) is 4.79 Å². The molecule has 0 aromatic carbocycles. The molecule has 1 heterocycles. The second-order valence-electron chi connectivity index (χ2n) is 4.14. The molecule has 0 fully saturated rings. The van der Waals surface area contributed by atoms with Crippen molar-refractivity contribution in [3.8, 4) is 0 Å². The lowest BCUT2D eigenvalue weighted by Crippen LogP contribution is -2.38. The van der Waals surface area contributed by atoms with E-state index in [2.05, 4.69) is 0 Å². The maximum Gasteiger partial charge on any atom is 0.232 e. The van der Waals surface area contributed by atoms with Gasteiger partial charge in [0, 0.05) is 11.9 Å². The summed E-state index contributed by atoms with van der Waals surface area (Å²) in [7, 11) is 1.76. The van der Waals surface area contributed by atoms with Crippen LogP contribution in [0.25, 0.3) is 0 Å². The smallest absolute Gasteiger partial charge is 0.232 e. The third kappa shape index (κ3) is 4.23. The Bertz CT molecular complexity index is 433. The number of nitrogens with two attached hydrogens (primary N) is 1. The molecule has 3 nitrogen and oxygen atoms in total. The molecule has 1 atom stereocenters. The van der Waals surface area contributed by atoms with E-state index in [0.717, 1.165) is 15.6 Å². The molecule has 1 amide bonds. The topological polar surface area (TPSA) is 46.3 Å². The number of rotatable bonds is 6. The van der Waals surface area contributed by atoms with Crippen molar-refractivity contribution in [2.45, 2.75) is 26.3 Å². The Morgan fingerprint density at radius 1 is 1.61 bits per heavy atom. The summed E-state index contributed by atoms with van der Waals surface area (Å²) in [6.45, 7) is 2.55. The van der Waals surface area contributed by atoms with E-state index < -0.39 is 0 Å². The highest BCUT2D eigenvalue weighted by Gasteiger charge is 2.24. The van der Waals surface area contributed by atoms with E-state index >= 15 is 0 Å². The van der Waals surface area contributed by atoms with Gasteiger partial charge in [0.15, 0.2) is 0 Å². The number of amides is 1. The summed E-state index contributed by atoms with van der Waals surface area (Å²) in [6.07, 6.45) is 1.58. The monoisotopic (exact) mass is 304 g/mol. The van der Waals surface area contributed by atoms with Crippen LogP contribution < -0.4 is 5.73 Å². The number of thiocarbonyl (C=S) groups is 1. The van der Waals surface area contributed by atoms with Gasteiger partial charge in [0.2, 0.25) is 5.91 Å². The van der Waals surface area contributed by atoms with Gasteiger partial charge in [0.1, 0.15) is 0 Å². The Morgan fingerprint density at radius 2 is 2.28 bits per heavy atom. The molecule has 2 N–H and O–H groups in total. The second-order valence-corrected chi connectivity index (χ2v) is 6.41. The molecule has 18 heavy (non-hydrogen) atoms. The number of halogens is 1. The van der Waals surface area contributed by atoms with Crippen molar-refractivity contribution in [1.29, 1.82) is 0 Å². The fourth-order valence-corrected chi connectivity index (χ4v) is 3.05. The first-order valence-corrected chi connectivity index (χ1v) is 7.34. The molecule has 0 radical (unpaired) electrons. The van der Waals surface area contributed by atoms with Gasteiger partial charge in [-0.3, -0.25) is 4.79 Å². The van der Waals surface area contributed by atoms with Gasteiger partial charge in [0.05, 0.1) is 21.8 Å². The summed E-state index contributed by atoms with van der Waals surface area (Å²) in [6, 6.07) is 3.75. The van der Waals surface area contributed by atoms with Crippen LogP contribution in [0.2, 0.25) is 4.34 Å². The number of nitrogens with zero attached hydrogens (tertiary/aromatic N) is 1. The minimum atomic E-state index is -0.356. The van der Waals surface area contributed by atoms with Crippen LogP contribution >= 0.6 is 35.2 Å². The van der Waals surface area contributed by atoms with E-state index in [-0.39, 0.29) is 16.8 Å². The van der Waals surface area contributed by atoms with Crippen LogP contribution in [0, 0.1) is 5.92 Å². The van der Waals surface area contributed by atoms with Crippen molar-refractivity contribution in [2.24, 2.45) is 11.7 Å². The number of carbonyl (C=O) groups excluding carboxylic acids is 1. The molecule has 100 valence electrons. The van der Waals surface area contributed by atoms with E-state index in [1.54, 1.807) is 11.9 Å². The van der Waals surface area contributed by atoms with E-state index in [1.165, 1.54) is 11.3 Å². The summed E-state index contributed by atoms with van der Waals surface area (Å²) in [5, 5.41) is 0. The number of hydrogen-bond acceptors (Lipinski definition) is 3. The van der Waals surface area contributed by atoms with Crippen LogP contribution in [0.5, 0.6) is 0 Å². The molecule has 0 aliphatic heterocycles.